The minimum atomic E-state index is -1.19. The van der Waals surface area contributed by atoms with E-state index in [1.54, 1.807) is 12.1 Å². The minimum absolute atomic E-state index is 0.0938. The third-order valence-electron chi connectivity index (χ3n) is 5.17. The number of halogens is 1. The predicted molar refractivity (Wildman–Crippen MR) is 95.2 cm³/mol. The highest BCUT2D eigenvalue weighted by Crippen LogP contribution is 2.32. The molecule has 0 aliphatic carbocycles. The van der Waals surface area contributed by atoms with Crippen molar-refractivity contribution in [2.45, 2.75) is 37.6 Å². The normalized spacial score (nSPS) is 24.6. The fraction of sp³-hybridized carbons (Fsp3) is 0.381. The zero-order valence-electron chi connectivity index (χ0n) is 14.7. The van der Waals surface area contributed by atoms with E-state index in [0.29, 0.717) is 24.2 Å². The van der Waals surface area contributed by atoms with Gasteiger partial charge in [0.1, 0.15) is 23.8 Å². The Bertz CT molecular complexity index is 866. The van der Waals surface area contributed by atoms with Gasteiger partial charge >= 0.3 is 0 Å². The van der Waals surface area contributed by atoms with Crippen molar-refractivity contribution >= 4 is 5.78 Å². The second-order valence-corrected chi connectivity index (χ2v) is 7.02. The number of ketones is 1. The van der Waals surface area contributed by atoms with Crippen LogP contribution in [0.25, 0.3) is 0 Å². The van der Waals surface area contributed by atoms with E-state index in [-0.39, 0.29) is 12.2 Å². The number of carbonyl (C=O) groups excluding carboxylic acids is 1. The zero-order chi connectivity index (χ0) is 19.0. The average molecular weight is 372 g/mol. The molecule has 2 heterocycles. The maximum absolute atomic E-state index is 14.4. The summed E-state index contributed by atoms with van der Waals surface area (Å²) < 4.78 is 25.5. The van der Waals surface area contributed by atoms with Crippen molar-refractivity contribution in [3.05, 3.63) is 64.5 Å². The number of benzene rings is 2. The van der Waals surface area contributed by atoms with Gasteiger partial charge in [0.2, 0.25) is 0 Å². The van der Waals surface area contributed by atoms with Crippen LogP contribution in [0.4, 0.5) is 4.39 Å². The number of carbonyl (C=O) groups is 1. The average Bonchev–Trinajstić information content (AvgIpc) is 3.13. The summed E-state index contributed by atoms with van der Waals surface area (Å²) in [4.78, 5) is 11.8. The standard InChI is InChI=1S/C21H21FO5/c22-16-3-2-13(19-10-17(24)21(25)20(11-23)27-19)9-15(16)8-12-1-4-18-14(7-12)5-6-26-18/h1-4,7,9,17,19-20,23-24H,5-6,8,10-11H2/t17-,19-,20-/m1/s1. The first-order chi connectivity index (χ1) is 13.0. The Kier molecular flexibility index (Phi) is 4.95. The van der Waals surface area contributed by atoms with Gasteiger partial charge in [0, 0.05) is 19.3 Å². The molecule has 2 aliphatic rings. The van der Waals surface area contributed by atoms with Gasteiger partial charge in [0.05, 0.1) is 19.3 Å². The molecule has 142 valence electrons. The molecule has 1 saturated heterocycles. The van der Waals surface area contributed by atoms with E-state index in [1.807, 2.05) is 18.2 Å². The summed E-state index contributed by atoms with van der Waals surface area (Å²) in [6.07, 6.45) is -1.44. The second-order valence-electron chi connectivity index (χ2n) is 7.02. The topological polar surface area (TPSA) is 76.0 Å². The predicted octanol–water partition coefficient (Wildman–Crippen LogP) is 2.10. The Morgan fingerprint density at radius 3 is 2.85 bits per heavy atom. The molecule has 2 N–H and O–H groups in total. The van der Waals surface area contributed by atoms with Gasteiger partial charge in [-0.25, -0.2) is 4.39 Å². The first-order valence-electron chi connectivity index (χ1n) is 9.06. The van der Waals surface area contributed by atoms with Crippen LogP contribution in [-0.2, 0) is 22.4 Å². The van der Waals surface area contributed by atoms with Crippen molar-refractivity contribution in [2.24, 2.45) is 0 Å². The number of fused-ring (bicyclic) bond motifs is 1. The number of aliphatic hydroxyl groups is 2. The van der Waals surface area contributed by atoms with Gasteiger partial charge in [0.15, 0.2) is 5.78 Å². The lowest BCUT2D eigenvalue weighted by atomic mass is 9.93. The fourth-order valence-corrected chi connectivity index (χ4v) is 3.70. The summed E-state index contributed by atoms with van der Waals surface area (Å²) in [7, 11) is 0. The van der Waals surface area contributed by atoms with Crippen LogP contribution in [0.15, 0.2) is 36.4 Å². The molecule has 3 atom stereocenters. The third-order valence-corrected chi connectivity index (χ3v) is 5.17. The Balaban J connectivity index is 1.57. The molecule has 5 nitrogen and oxygen atoms in total. The van der Waals surface area contributed by atoms with Gasteiger partial charge in [-0.2, -0.15) is 0 Å². The van der Waals surface area contributed by atoms with E-state index in [2.05, 4.69) is 0 Å². The van der Waals surface area contributed by atoms with E-state index in [9.17, 15) is 19.4 Å². The third kappa shape index (κ3) is 3.60. The van der Waals surface area contributed by atoms with Crippen molar-refractivity contribution in [3.8, 4) is 5.75 Å². The quantitative estimate of drug-likeness (QED) is 0.860. The molecule has 2 aliphatic heterocycles. The smallest absolute Gasteiger partial charge is 0.192 e. The van der Waals surface area contributed by atoms with Crippen molar-refractivity contribution in [3.63, 3.8) is 0 Å². The summed E-state index contributed by atoms with van der Waals surface area (Å²) in [5.41, 5.74) is 3.32. The van der Waals surface area contributed by atoms with Gasteiger partial charge in [-0.15, -0.1) is 0 Å². The molecule has 0 aromatic heterocycles. The van der Waals surface area contributed by atoms with E-state index in [1.165, 1.54) is 6.07 Å². The number of aliphatic hydroxyl groups excluding tert-OH is 2. The summed E-state index contributed by atoms with van der Waals surface area (Å²) in [5, 5.41) is 19.2. The zero-order valence-corrected chi connectivity index (χ0v) is 14.7. The minimum Gasteiger partial charge on any atom is -0.493 e. The second kappa shape index (κ2) is 7.38. The molecule has 0 spiro atoms. The van der Waals surface area contributed by atoms with Crippen LogP contribution < -0.4 is 4.74 Å². The Morgan fingerprint density at radius 2 is 2.04 bits per heavy atom. The highest BCUT2D eigenvalue weighted by atomic mass is 19.1. The molecular weight excluding hydrogens is 351 g/mol. The molecule has 2 aromatic rings. The molecule has 4 rings (SSSR count). The van der Waals surface area contributed by atoms with Gasteiger partial charge in [-0.1, -0.05) is 18.2 Å². The lowest BCUT2D eigenvalue weighted by Crippen LogP contribution is -2.43. The Labute approximate surface area is 156 Å². The van der Waals surface area contributed by atoms with Crippen molar-refractivity contribution in [1.29, 1.82) is 0 Å². The van der Waals surface area contributed by atoms with E-state index >= 15 is 0 Å². The summed E-state index contributed by atoms with van der Waals surface area (Å²) in [6, 6.07) is 10.6. The van der Waals surface area contributed by atoms with Crippen LogP contribution in [0.2, 0.25) is 0 Å². The summed E-state index contributed by atoms with van der Waals surface area (Å²) in [5.74, 6) is 0.0513. The van der Waals surface area contributed by atoms with Crippen LogP contribution >= 0.6 is 0 Å². The molecule has 0 saturated carbocycles. The fourth-order valence-electron chi connectivity index (χ4n) is 3.70. The number of Topliss-reactive ketones (excluding diaryl/α,β-unsaturated/α-hetero) is 1. The molecule has 0 amide bonds. The lowest BCUT2D eigenvalue weighted by molar-refractivity contribution is -0.161. The molecule has 27 heavy (non-hydrogen) atoms. The van der Waals surface area contributed by atoms with E-state index in [4.69, 9.17) is 9.47 Å². The van der Waals surface area contributed by atoms with Gasteiger partial charge in [0.25, 0.3) is 0 Å². The summed E-state index contributed by atoms with van der Waals surface area (Å²) in [6.45, 7) is 0.187. The van der Waals surface area contributed by atoms with Crippen molar-refractivity contribution in [2.75, 3.05) is 13.2 Å². The number of ether oxygens (including phenoxy) is 2. The molecule has 6 heteroatoms. The Hall–Kier alpha value is -2.28. The maximum Gasteiger partial charge on any atom is 0.192 e. The molecule has 0 radical (unpaired) electrons. The van der Waals surface area contributed by atoms with Crippen molar-refractivity contribution < 1.29 is 28.9 Å². The van der Waals surface area contributed by atoms with Crippen LogP contribution in [0, 0.1) is 5.82 Å². The number of rotatable bonds is 4. The maximum atomic E-state index is 14.4. The highest BCUT2D eigenvalue weighted by Gasteiger charge is 2.36. The van der Waals surface area contributed by atoms with Crippen molar-refractivity contribution in [1.82, 2.24) is 0 Å². The number of hydrogen-bond donors (Lipinski definition) is 2. The molecular formula is C21H21FO5. The Morgan fingerprint density at radius 1 is 1.19 bits per heavy atom. The molecule has 1 fully saturated rings. The molecule has 2 aromatic carbocycles. The van der Waals surface area contributed by atoms with Gasteiger partial charge in [-0.3, -0.25) is 4.79 Å². The lowest BCUT2D eigenvalue weighted by Gasteiger charge is -2.31. The number of hydrogen-bond acceptors (Lipinski definition) is 5. The molecule has 0 bridgehead atoms. The van der Waals surface area contributed by atoms with E-state index in [0.717, 1.165) is 23.3 Å². The van der Waals surface area contributed by atoms with Crippen LogP contribution in [0.1, 0.15) is 34.8 Å². The monoisotopic (exact) mass is 372 g/mol. The summed E-state index contributed by atoms with van der Waals surface area (Å²) >= 11 is 0. The van der Waals surface area contributed by atoms with Gasteiger partial charge in [-0.05, 0) is 40.5 Å². The van der Waals surface area contributed by atoms with Crippen LogP contribution in [-0.4, -0.2) is 41.4 Å². The van der Waals surface area contributed by atoms with Gasteiger partial charge < -0.3 is 19.7 Å². The first-order valence-corrected chi connectivity index (χ1v) is 9.06. The SMILES string of the molecule is O=C1[C@H](O)C[C@H](c2ccc(F)c(Cc3ccc4c(c3)CCO4)c2)O[C@@H]1CO. The highest BCUT2D eigenvalue weighted by molar-refractivity contribution is 5.88. The van der Waals surface area contributed by atoms with E-state index < -0.39 is 30.7 Å². The van der Waals surface area contributed by atoms with Crippen LogP contribution in [0.3, 0.4) is 0 Å². The van der Waals surface area contributed by atoms with Crippen LogP contribution in [0.5, 0.6) is 5.75 Å². The first kappa shape index (κ1) is 18.1. The molecule has 0 unspecified atom stereocenters. The largest absolute Gasteiger partial charge is 0.493 e.